The van der Waals surface area contributed by atoms with Crippen LogP contribution >= 0.6 is 0 Å². The smallest absolute Gasteiger partial charge is 0.240 e. The van der Waals surface area contributed by atoms with Crippen LogP contribution in [0.3, 0.4) is 0 Å². The number of carbonyl (C=O) groups is 1. The molecule has 0 aromatic heterocycles. The van der Waals surface area contributed by atoms with Crippen molar-refractivity contribution in [2.24, 2.45) is 0 Å². The summed E-state index contributed by atoms with van der Waals surface area (Å²) in [5.74, 6) is 0.132. The van der Waals surface area contributed by atoms with Crippen LogP contribution in [0.1, 0.15) is 34.7 Å². The third-order valence-electron chi connectivity index (χ3n) is 5.44. The number of anilines is 1. The molecule has 0 radical (unpaired) electrons. The molecule has 0 aliphatic carbocycles. The number of fused-ring (bicyclic) bond motifs is 1. The largest absolute Gasteiger partial charge is 0.311 e. The van der Waals surface area contributed by atoms with Crippen molar-refractivity contribution in [2.75, 3.05) is 18.0 Å². The molecule has 3 aromatic carbocycles. The van der Waals surface area contributed by atoms with Gasteiger partial charge in [-0.2, -0.15) is 0 Å². The summed E-state index contributed by atoms with van der Waals surface area (Å²) in [5, 5.41) is 3.51. The lowest BCUT2D eigenvalue weighted by Crippen LogP contribution is -2.42. The number of hydrogen-bond acceptors (Lipinski definition) is 2. The van der Waals surface area contributed by atoms with Gasteiger partial charge in [0.2, 0.25) is 5.91 Å². The highest BCUT2D eigenvalue weighted by Crippen LogP contribution is 2.30. The second kappa shape index (κ2) is 8.41. The van der Waals surface area contributed by atoms with Crippen molar-refractivity contribution in [1.82, 2.24) is 5.32 Å². The summed E-state index contributed by atoms with van der Waals surface area (Å²) >= 11 is 0. The van der Waals surface area contributed by atoms with Crippen LogP contribution in [0, 0.1) is 6.92 Å². The number of para-hydroxylation sites is 1. The zero-order chi connectivity index (χ0) is 19.3. The van der Waals surface area contributed by atoms with Crippen LogP contribution in [0.5, 0.6) is 0 Å². The second-order valence-electron chi connectivity index (χ2n) is 7.37. The van der Waals surface area contributed by atoms with Gasteiger partial charge in [-0.05, 0) is 42.0 Å². The lowest BCUT2D eigenvalue weighted by Gasteiger charge is -2.32. The molecule has 0 saturated heterocycles. The van der Waals surface area contributed by atoms with Gasteiger partial charge in [-0.1, -0.05) is 78.9 Å². The molecule has 0 unspecified atom stereocenters. The third-order valence-corrected chi connectivity index (χ3v) is 5.44. The maximum absolute atomic E-state index is 13.1. The number of carbonyl (C=O) groups excluding carboxylic acids is 1. The van der Waals surface area contributed by atoms with Crippen LogP contribution in [-0.4, -0.2) is 19.0 Å². The normalized spacial score (nSPS) is 13.4. The van der Waals surface area contributed by atoms with Crippen molar-refractivity contribution >= 4 is 11.6 Å². The minimum atomic E-state index is -0.00696. The Hall–Kier alpha value is -2.91. The fourth-order valence-electron chi connectivity index (χ4n) is 4.10. The molecule has 142 valence electrons. The van der Waals surface area contributed by atoms with Gasteiger partial charge in [0.1, 0.15) is 0 Å². The first kappa shape index (κ1) is 18.5. The van der Waals surface area contributed by atoms with E-state index in [2.05, 4.69) is 54.7 Å². The van der Waals surface area contributed by atoms with E-state index < -0.39 is 0 Å². The summed E-state index contributed by atoms with van der Waals surface area (Å²) in [7, 11) is 0. The van der Waals surface area contributed by atoms with Gasteiger partial charge >= 0.3 is 0 Å². The fourth-order valence-corrected chi connectivity index (χ4v) is 4.10. The Morgan fingerprint density at radius 2 is 1.57 bits per heavy atom. The summed E-state index contributed by atoms with van der Waals surface area (Å²) in [6, 6.07) is 26.9. The number of hydrogen-bond donors (Lipinski definition) is 1. The Bertz CT molecular complexity index is 898. The Morgan fingerprint density at radius 3 is 2.21 bits per heavy atom. The van der Waals surface area contributed by atoms with Gasteiger partial charge in [-0.25, -0.2) is 0 Å². The van der Waals surface area contributed by atoms with Crippen molar-refractivity contribution in [1.29, 1.82) is 0 Å². The maximum atomic E-state index is 13.1. The predicted molar refractivity (Wildman–Crippen MR) is 115 cm³/mol. The molecule has 1 N–H and O–H groups in total. The zero-order valence-corrected chi connectivity index (χ0v) is 16.3. The van der Waals surface area contributed by atoms with E-state index >= 15 is 0 Å². The zero-order valence-electron chi connectivity index (χ0n) is 16.3. The first-order valence-corrected chi connectivity index (χ1v) is 9.96. The molecule has 0 atom stereocenters. The molecule has 1 aliphatic heterocycles. The number of rotatable bonds is 5. The summed E-state index contributed by atoms with van der Waals surface area (Å²) in [6.07, 6.45) is 2.06. The van der Waals surface area contributed by atoms with Crippen molar-refractivity contribution < 1.29 is 4.79 Å². The first-order chi connectivity index (χ1) is 13.7. The number of benzene rings is 3. The molecule has 3 aromatic rings. The van der Waals surface area contributed by atoms with Crippen LogP contribution in [-0.2, 0) is 11.2 Å². The van der Waals surface area contributed by atoms with Gasteiger partial charge in [0, 0.05) is 12.2 Å². The Kier molecular flexibility index (Phi) is 5.54. The van der Waals surface area contributed by atoms with E-state index in [1.165, 1.54) is 11.1 Å². The fraction of sp³-hybridized carbons (Fsp3) is 0.240. The van der Waals surface area contributed by atoms with Gasteiger partial charge in [0.05, 0.1) is 12.6 Å². The molecule has 0 fully saturated rings. The Labute approximate surface area is 167 Å². The predicted octanol–water partition coefficient (Wildman–Crippen LogP) is 4.65. The van der Waals surface area contributed by atoms with Crippen LogP contribution in [0.25, 0.3) is 0 Å². The molecule has 1 heterocycles. The van der Waals surface area contributed by atoms with Crippen molar-refractivity contribution in [3.05, 3.63) is 101 Å². The first-order valence-electron chi connectivity index (χ1n) is 9.96. The molecule has 3 nitrogen and oxygen atoms in total. The molecular weight excluding hydrogens is 344 g/mol. The molecule has 4 rings (SSSR count). The average molecular weight is 370 g/mol. The highest BCUT2D eigenvalue weighted by atomic mass is 16.2. The molecule has 0 saturated carbocycles. The molecule has 28 heavy (non-hydrogen) atoms. The quantitative estimate of drug-likeness (QED) is 0.709. The SMILES string of the molecule is Cc1cccc2c1N(C(=O)CNC(c1ccccc1)c1ccccc1)CCC2. The Morgan fingerprint density at radius 1 is 0.929 bits per heavy atom. The summed E-state index contributed by atoms with van der Waals surface area (Å²) in [5.41, 5.74) is 5.89. The lowest BCUT2D eigenvalue weighted by molar-refractivity contribution is -0.118. The molecule has 0 spiro atoms. The summed E-state index contributed by atoms with van der Waals surface area (Å²) in [6.45, 7) is 3.19. The number of nitrogens with zero attached hydrogens (tertiary/aromatic N) is 1. The van der Waals surface area contributed by atoms with E-state index in [0.29, 0.717) is 6.54 Å². The maximum Gasteiger partial charge on any atom is 0.240 e. The molecule has 1 aliphatic rings. The molecule has 1 amide bonds. The Balaban J connectivity index is 1.55. The van der Waals surface area contributed by atoms with Crippen LogP contribution in [0.4, 0.5) is 5.69 Å². The topological polar surface area (TPSA) is 32.3 Å². The van der Waals surface area contributed by atoms with E-state index in [-0.39, 0.29) is 11.9 Å². The third kappa shape index (κ3) is 3.85. The van der Waals surface area contributed by atoms with Crippen LogP contribution in [0.2, 0.25) is 0 Å². The van der Waals surface area contributed by atoms with Gasteiger partial charge in [-0.15, -0.1) is 0 Å². The summed E-state index contributed by atoms with van der Waals surface area (Å²) in [4.78, 5) is 15.1. The van der Waals surface area contributed by atoms with Gasteiger partial charge in [-0.3, -0.25) is 10.1 Å². The average Bonchev–Trinajstić information content (AvgIpc) is 2.75. The molecule has 0 bridgehead atoms. The monoisotopic (exact) mass is 370 g/mol. The highest BCUT2D eigenvalue weighted by molar-refractivity contribution is 5.96. The standard InChI is InChI=1S/C25H26N2O/c1-19-10-8-15-22-16-9-17-27(25(19)22)23(28)18-26-24(20-11-4-2-5-12-20)21-13-6-3-7-14-21/h2-8,10-15,24,26H,9,16-18H2,1H3. The number of aryl methyl sites for hydroxylation is 2. The number of amides is 1. The summed E-state index contributed by atoms with van der Waals surface area (Å²) < 4.78 is 0. The van der Waals surface area contributed by atoms with Crippen molar-refractivity contribution in [3.63, 3.8) is 0 Å². The van der Waals surface area contributed by atoms with E-state index in [1.807, 2.05) is 41.3 Å². The minimum Gasteiger partial charge on any atom is -0.311 e. The van der Waals surface area contributed by atoms with Crippen molar-refractivity contribution in [3.8, 4) is 0 Å². The minimum absolute atomic E-state index is 0.00696. The van der Waals surface area contributed by atoms with E-state index in [1.54, 1.807) is 0 Å². The number of nitrogens with one attached hydrogen (secondary N) is 1. The van der Waals surface area contributed by atoms with E-state index in [4.69, 9.17) is 0 Å². The molecule has 3 heteroatoms. The van der Waals surface area contributed by atoms with E-state index in [9.17, 15) is 4.79 Å². The second-order valence-corrected chi connectivity index (χ2v) is 7.37. The van der Waals surface area contributed by atoms with Crippen LogP contribution in [0.15, 0.2) is 78.9 Å². The molecular formula is C25H26N2O. The van der Waals surface area contributed by atoms with Crippen molar-refractivity contribution in [2.45, 2.75) is 25.8 Å². The van der Waals surface area contributed by atoms with Gasteiger partial charge in [0.15, 0.2) is 0 Å². The van der Waals surface area contributed by atoms with Gasteiger partial charge in [0.25, 0.3) is 0 Å². The highest BCUT2D eigenvalue weighted by Gasteiger charge is 2.24. The van der Waals surface area contributed by atoms with Crippen LogP contribution < -0.4 is 10.2 Å². The van der Waals surface area contributed by atoms with Gasteiger partial charge < -0.3 is 4.90 Å². The lowest BCUT2D eigenvalue weighted by atomic mass is 9.97. The van der Waals surface area contributed by atoms with E-state index in [0.717, 1.165) is 36.2 Å².